The Morgan fingerprint density at radius 2 is 1.79 bits per heavy atom. The Morgan fingerprint density at radius 3 is 2.14 bits per heavy atom. The molecule has 1 rings (SSSR count). The Bertz CT molecular complexity index is 308. The zero-order chi connectivity index (χ0) is 8.27. The summed E-state index contributed by atoms with van der Waals surface area (Å²) >= 11 is 0. The normalized spacial score (nSPS) is 7.14. The van der Waals surface area contributed by atoms with Crippen LogP contribution in [0.1, 0.15) is 16.2 Å². The molecule has 0 aliphatic carbocycles. The number of aromatic nitrogens is 2. The third-order valence-electron chi connectivity index (χ3n) is 0.988. The Balaban J connectivity index is -0.000000403. The van der Waals surface area contributed by atoms with E-state index >= 15 is 0 Å². The first kappa shape index (κ1) is 19.7. The van der Waals surface area contributed by atoms with Crippen molar-refractivity contribution in [2.45, 2.75) is 0 Å². The van der Waals surface area contributed by atoms with Crippen LogP contribution in [-0.2, 0) is 4.79 Å². The number of carbonyl (C=O) groups is 1. The monoisotopic (exact) mass is 213 g/mol. The molecule has 1 aromatic rings. The van der Waals surface area contributed by atoms with Gasteiger partial charge in [-0.05, 0) is 11.4 Å². The Labute approximate surface area is 124 Å². The molecule has 0 radical (unpaired) electrons. The third kappa shape index (κ3) is 5.16. The van der Waals surface area contributed by atoms with Gasteiger partial charge in [0, 0.05) is 24.6 Å². The van der Waals surface area contributed by atoms with E-state index < -0.39 is 11.7 Å². The van der Waals surface area contributed by atoms with Gasteiger partial charge in [-0.2, -0.15) is 0 Å². The summed E-state index contributed by atoms with van der Waals surface area (Å²) in [6.07, 6.45) is 3.69. The fourth-order valence-corrected chi connectivity index (χ4v) is 0.562. The largest absolute Gasteiger partial charge is 1.00 e. The first-order chi connectivity index (χ1) is 5.25. The maximum Gasteiger partial charge on any atom is 1.00 e. The molecule has 0 aromatic carbocycles. The van der Waals surface area contributed by atoms with Gasteiger partial charge in [-0.25, -0.2) is 0 Å². The van der Waals surface area contributed by atoms with Crippen molar-refractivity contribution in [3.8, 4) is 0 Å². The summed E-state index contributed by atoms with van der Waals surface area (Å²) in [5.74, 6) is -1.53. The first-order valence-electron chi connectivity index (χ1n) is 2.66. The number of aromatic carboxylic acids is 1. The summed E-state index contributed by atoms with van der Waals surface area (Å²) in [7, 11) is 0. The predicted octanol–water partition coefficient (Wildman–Crippen LogP) is -7.87. The molecule has 6 nitrogen and oxygen atoms in total. The molecule has 0 bridgehead atoms. The van der Waals surface area contributed by atoms with Crippen molar-refractivity contribution >= 4 is 12.3 Å². The van der Waals surface area contributed by atoms with E-state index in [0.29, 0.717) is 0 Å². The van der Waals surface area contributed by atoms with Crippen LogP contribution in [-0.4, -0.2) is 27.7 Å². The minimum absolute atomic E-state index is 0. The second-order valence-corrected chi connectivity index (χ2v) is 1.64. The smallest absolute Gasteiger partial charge is 0.870 e. The quantitative estimate of drug-likeness (QED) is 0.356. The fraction of sp³-hybridized carbons (Fsp3) is 0. The number of hydrogen-bond acceptors (Lipinski definition) is 6. The van der Waals surface area contributed by atoms with Gasteiger partial charge in [-0.3, -0.25) is 4.98 Å². The zero-order valence-corrected chi connectivity index (χ0v) is 11.7. The van der Waals surface area contributed by atoms with Gasteiger partial charge in [0.25, 0.3) is 0 Å². The van der Waals surface area contributed by atoms with Crippen LogP contribution in [0.15, 0.2) is 12.4 Å². The van der Waals surface area contributed by atoms with E-state index in [9.17, 15) is 14.7 Å². The van der Waals surface area contributed by atoms with Crippen LogP contribution >= 0.6 is 0 Å². The summed E-state index contributed by atoms with van der Waals surface area (Å²) in [6.45, 7) is 0. The van der Waals surface area contributed by atoms with Crippen LogP contribution in [0.25, 0.3) is 0 Å². The van der Waals surface area contributed by atoms with Gasteiger partial charge >= 0.3 is 59.1 Å². The van der Waals surface area contributed by atoms with E-state index in [1.54, 1.807) is 0 Å². The molecule has 0 fully saturated rings. The van der Waals surface area contributed by atoms with E-state index in [1.807, 2.05) is 0 Å². The molecule has 1 heterocycles. The molecule has 0 atom stereocenters. The summed E-state index contributed by atoms with van der Waals surface area (Å²) in [5.41, 5.74) is -0.824. The molecule has 14 heavy (non-hydrogen) atoms. The van der Waals surface area contributed by atoms with Gasteiger partial charge in [0.2, 0.25) is 0 Å². The Morgan fingerprint density at radius 1 is 1.29 bits per heavy atom. The summed E-state index contributed by atoms with van der Waals surface area (Å²) in [6, 6.07) is 0. The van der Waals surface area contributed by atoms with Gasteiger partial charge < -0.3 is 25.2 Å². The molecule has 0 aliphatic rings. The van der Waals surface area contributed by atoms with Crippen LogP contribution < -0.4 is 64.2 Å². The maximum absolute atomic E-state index is 10.2. The van der Waals surface area contributed by atoms with E-state index in [1.165, 1.54) is 12.5 Å². The van der Waals surface area contributed by atoms with E-state index in [-0.39, 0.29) is 70.3 Å². The molecule has 0 saturated carbocycles. The number of carboxylic acid groups (broad SMARTS) is 1. The number of hydrogen-bond donors (Lipinski definition) is 0. The predicted molar refractivity (Wildman–Crippen MR) is 33.1 cm³/mol. The first-order valence-corrected chi connectivity index (χ1v) is 2.66. The van der Waals surface area contributed by atoms with Crippen molar-refractivity contribution in [2.24, 2.45) is 0 Å². The van der Waals surface area contributed by atoms with Crippen molar-refractivity contribution in [1.29, 1.82) is 0 Å². The molecule has 8 heteroatoms. The molecule has 1 aromatic heterocycles. The van der Waals surface area contributed by atoms with Crippen LogP contribution in [0.5, 0.6) is 0 Å². The molecule has 0 unspecified atom stereocenters. The van der Waals surface area contributed by atoms with Crippen molar-refractivity contribution < 1.29 is 79.3 Å². The number of carbonyl (C=O) groups excluding carboxylic acids is 2. The number of carboxylic acids is 1. The van der Waals surface area contributed by atoms with Gasteiger partial charge in [-0.15, -0.1) is 0 Å². The summed E-state index contributed by atoms with van der Waals surface area (Å²) < 4.78 is 0. The van der Waals surface area contributed by atoms with E-state index in [0.717, 1.165) is 6.20 Å². The van der Waals surface area contributed by atoms with Crippen LogP contribution in [0.2, 0.25) is 0 Å². The van der Waals surface area contributed by atoms with Gasteiger partial charge in [0.1, 0.15) is 0 Å². The molecule has 0 saturated heterocycles. The second-order valence-electron chi connectivity index (χ2n) is 1.64. The maximum atomic E-state index is 10.2. The van der Waals surface area contributed by atoms with E-state index in [2.05, 4.69) is 9.97 Å². The molecular formula is C6H3N2Na2O4-. The number of rotatable bonds is 2. The average Bonchev–Trinajstić information content (AvgIpc) is 2.04. The molecule has 0 aliphatic heterocycles. The van der Waals surface area contributed by atoms with Crippen molar-refractivity contribution in [3.05, 3.63) is 23.8 Å². The SMILES string of the molecule is O=[C-]c1nccnc1C(=O)[O-].[Na+].[Na+].[OH-]. The van der Waals surface area contributed by atoms with Gasteiger partial charge in [0.15, 0.2) is 0 Å². The topological polar surface area (TPSA) is 113 Å². The second kappa shape index (κ2) is 9.72. The molecular weight excluding hydrogens is 210 g/mol. The Kier molecular flexibility index (Phi) is 13.7. The Hall–Kier alpha value is 0.180. The molecule has 0 spiro atoms. The van der Waals surface area contributed by atoms with E-state index in [4.69, 9.17) is 0 Å². The van der Waals surface area contributed by atoms with Crippen LogP contribution in [0.3, 0.4) is 0 Å². The average molecular weight is 213 g/mol. The molecule has 0 amide bonds. The number of nitrogens with zero attached hydrogens (tertiary/aromatic N) is 2. The minimum atomic E-state index is -1.53. The third-order valence-corrected chi connectivity index (χ3v) is 0.988. The van der Waals surface area contributed by atoms with Crippen molar-refractivity contribution in [2.75, 3.05) is 0 Å². The fourth-order valence-electron chi connectivity index (χ4n) is 0.562. The van der Waals surface area contributed by atoms with Gasteiger partial charge in [-0.1, -0.05) is 0 Å². The van der Waals surface area contributed by atoms with Crippen LogP contribution in [0.4, 0.5) is 0 Å². The van der Waals surface area contributed by atoms with Crippen LogP contribution in [0, 0.1) is 0 Å². The standard InChI is InChI=1S/C6H3N2O3.2Na.H2O/c9-3-4-5(6(10)11)8-2-1-7-4;;;/h1-2H,(H,10,11);;;1H2/q-1;2*+1;/p-2. The zero-order valence-electron chi connectivity index (χ0n) is 7.72. The van der Waals surface area contributed by atoms with Crippen molar-refractivity contribution in [3.63, 3.8) is 0 Å². The van der Waals surface area contributed by atoms with Gasteiger partial charge in [0.05, 0.1) is 0 Å². The summed E-state index contributed by atoms with van der Waals surface area (Å²) in [5, 5.41) is 10.2. The van der Waals surface area contributed by atoms with Crippen molar-refractivity contribution in [1.82, 2.24) is 9.97 Å². The molecule has 64 valence electrons. The molecule has 1 N–H and O–H groups in total. The minimum Gasteiger partial charge on any atom is -0.870 e. The summed E-state index contributed by atoms with van der Waals surface area (Å²) in [4.78, 5) is 27.0.